The Balaban J connectivity index is 0.00000192. The number of aliphatic carboxylic acids is 2. The van der Waals surface area contributed by atoms with Crippen molar-refractivity contribution in [2.45, 2.75) is 92.9 Å². The molecule has 0 aliphatic heterocycles. The SMILES string of the molecule is CC(=O)[O-].CC(=O)[O-].CC(C)c1cc(C=Nc2cccc(N=Cc3cc(C(C)C)cc(C(C)C)c3O)c2)c(O)c(C(C)C)c1.[Co+2]. The van der Waals surface area contributed by atoms with Crippen molar-refractivity contribution in [1.29, 1.82) is 0 Å². The molecule has 1 radical (unpaired) electrons. The molecule has 245 valence electrons. The van der Waals surface area contributed by atoms with Crippen LogP contribution in [0.25, 0.3) is 0 Å². The maximum absolute atomic E-state index is 10.8. The summed E-state index contributed by atoms with van der Waals surface area (Å²) in [5.74, 6) is -0.447. The average molecular weight is 662 g/mol. The van der Waals surface area contributed by atoms with E-state index in [0.29, 0.717) is 11.8 Å². The Morgan fingerprint density at radius 3 is 1.20 bits per heavy atom. The van der Waals surface area contributed by atoms with Gasteiger partial charge in [-0.2, -0.15) is 0 Å². The van der Waals surface area contributed by atoms with E-state index in [0.717, 1.165) is 47.5 Å². The summed E-state index contributed by atoms with van der Waals surface area (Å²) in [7, 11) is 0. The van der Waals surface area contributed by atoms with Crippen molar-refractivity contribution in [3.63, 3.8) is 0 Å². The van der Waals surface area contributed by atoms with Gasteiger partial charge in [0.05, 0.1) is 11.4 Å². The topological polar surface area (TPSA) is 145 Å². The molecule has 0 heterocycles. The number of carboxylic acids is 2. The van der Waals surface area contributed by atoms with E-state index in [-0.39, 0.29) is 40.1 Å². The predicted molar refractivity (Wildman–Crippen MR) is 175 cm³/mol. The van der Waals surface area contributed by atoms with Crippen LogP contribution in [0.5, 0.6) is 11.5 Å². The van der Waals surface area contributed by atoms with Gasteiger partial charge in [-0.1, -0.05) is 73.6 Å². The van der Waals surface area contributed by atoms with Crippen LogP contribution in [0.2, 0.25) is 0 Å². The number of benzene rings is 3. The first-order valence-corrected chi connectivity index (χ1v) is 14.7. The van der Waals surface area contributed by atoms with Gasteiger partial charge in [0.25, 0.3) is 0 Å². The van der Waals surface area contributed by atoms with E-state index in [4.69, 9.17) is 19.8 Å². The molecule has 9 heteroatoms. The summed E-state index contributed by atoms with van der Waals surface area (Å²) in [6.07, 6.45) is 3.45. The number of carbonyl (C=O) groups is 2. The Morgan fingerprint density at radius 1 is 0.622 bits per heavy atom. The molecule has 0 saturated carbocycles. The van der Waals surface area contributed by atoms with Crippen molar-refractivity contribution in [3.05, 3.63) is 81.9 Å². The zero-order valence-electron chi connectivity index (χ0n) is 27.8. The van der Waals surface area contributed by atoms with Crippen molar-refractivity contribution in [1.82, 2.24) is 0 Å². The fourth-order valence-electron chi connectivity index (χ4n) is 4.09. The predicted octanol–water partition coefficient (Wildman–Crippen LogP) is 6.60. The largest absolute Gasteiger partial charge is 2.00 e. The summed E-state index contributed by atoms with van der Waals surface area (Å²) in [4.78, 5) is 27.1. The van der Waals surface area contributed by atoms with Gasteiger partial charge in [0.15, 0.2) is 0 Å². The van der Waals surface area contributed by atoms with Gasteiger partial charge in [0, 0.05) is 35.5 Å². The third-order valence-corrected chi connectivity index (χ3v) is 6.49. The normalized spacial score (nSPS) is 11.0. The Bertz CT molecular complexity index is 1360. The molecule has 0 saturated heterocycles. The molecule has 0 aliphatic carbocycles. The minimum absolute atomic E-state index is 0. The van der Waals surface area contributed by atoms with Gasteiger partial charge in [-0.25, -0.2) is 0 Å². The zero-order valence-corrected chi connectivity index (χ0v) is 28.9. The second-order valence-electron chi connectivity index (χ2n) is 11.7. The molecule has 0 atom stereocenters. The number of phenolic OH excluding ortho intramolecular Hbond substituents is 2. The van der Waals surface area contributed by atoms with E-state index in [1.54, 1.807) is 12.4 Å². The molecule has 8 nitrogen and oxygen atoms in total. The van der Waals surface area contributed by atoms with Crippen LogP contribution in [0, 0.1) is 0 Å². The molecule has 0 amide bonds. The Kier molecular flexibility index (Phi) is 17.7. The molecule has 2 N–H and O–H groups in total. The number of carboxylic acid groups (broad SMARTS) is 2. The van der Waals surface area contributed by atoms with E-state index in [9.17, 15) is 10.2 Å². The first-order chi connectivity index (χ1) is 20.4. The standard InChI is InChI=1S/C32H40N2O2.2C2H4O2.Co/c1-19(2)23-12-25(31(35)29(14-23)21(5)6)17-33-27-10-9-11-28(16-27)34-18-26-13-24(20(3)4)15-30(22(7)8)32(26)36;2*1-2(3)4;/h9-22,35-36H,1-8H3;2*1H3,(H,3,4);/q;;;+2/p-2. The van der Waals surface area contributed by atoms with Crippen LogP contribution in [0.15, 0.2) is 58.5 Å². The molecule has 3 aromatic rings. The van der Waals surface area contributed by atoms with Crippen LogP contribution in [-0.4, -0.2) is 34.6 Å². The quantitative estimate of drug-likeness (QED) is 0.260. The van der Waals surface area contributed by atoms with Crippen LogP contribution in [0.1, 0.15) is 126 Å². The first-order valence-electron chi connectivity index (χ1n) is 14.7. The number of nitrogens with zero attached hydrogens (tertiary/aromatic N) is 2. The minimum Gasteiger partial charge on any atom is -0.550 e. The Labute approximate surface area is 278 Å². The summed E-state index contributed by atoms with van der Waals surface area (Å²) in [6, 6.07) is 15.8. The van der Waals surface area contributed by atoms with Gasteiger partial charge in [-0.05, 0) is 90.1 Å². The van der Waals surface area contributed by atoms with E-state index in [1.807, 2.05) is 36.4 Å². The van der Waals surface area contributed by atoms with Gasteiger partial charge in [0.1, 0.15) is 11.5 Å². The number of hydrogen-bond acceptors (Lipinski definition) is 8. The van der Waals surface area contributed by atoms with Gasteiger partial charge >= 0.3 is 16.8 Å². The van der Waals surface area contributed by atoms with Crippen molar-refractivity contribution >= 4 is 35.7 Å². The van der Waals surface area contributed by atoms with Crippen molar-refractivity contribution < 1.29 is 46.8 Å². The Morgan fingerprint density at radius 2 is 0.933 bits per heavy atom. The van der Waals surface area contributed by atoms with E-state index < -0.39 is 11.9 Å². The fourth-order valence-corrected chi connectivity index (χ4v) is 4.09. The van der Waals surface area contributed by atoms with Crippen molar-refractivity contribution in [2.24, 2.45) is 9.98 Å². The van der Waals surface area contributed by atoms with Crippen LogP contribution in [-0.2, 0) is 26.4 Å². The van der Waals surface area contributed by atoms with Crippen LogP contribution in [0.4, 0.5) is 11.4 Å². The smallest absolute Gasteiger partial charge is 0.550 e. The third kappa shape index (κ3) is 14.1. The summed E-state index contributed by atoms with van der Waals surface area (Å²) >= 11 is 0. The zero-order chi connectivity index (χ0) is 33.7. The summed E-state index contributed by atoms with van der Waals surface area (Å²) in [6.45, 7) is 18.9. The molecule has 0 spiro atoms. The maximum Gasteiger partial charge on any atom is 2.00 e. The van der Waals surface area contributed by atoms with Crippen molar-refractivity contribution in [2.75, 3.05) is 0 Å². The van der Waals surface area contributed by atoms with E-state index in [2.05, 4.69) is 77.5 Å². The molecular weight excluding hydrogens is 615 g/mol. The summed E-state index contributed by atoms with van der Waals surface area (Å²) in [5.41, 5.74) is 7.16. The molecule has 0 bridgehead atoms. The fraction of sp³-hybridized carbons (Fsp3) is 0.389. The third-order valence-electron chi connectivity index (χ3n) is 6.49. The number of aromatic hydroxyl groups is 2. The number of phenols is 2. The molecule has 0 aromatic heterocycles. The molecule has 0 aliphatic rings. The van der Waals surface area contributed by atoms with E-state index in [1.165, 1.54) is 11.1 Å². The summed E-state index contributed by atoms with van der Waals surface area (Å²) in [5, 5.41) is 39.4. The maximum atomic E-state index is 10.8. The van der Waals surface area contributed by atoms with Gasteiger partial charge in [0.2, 0.25) is 0 Å². The molecule has 3 aromatic carbocycles. The average Bonchev–Trinajstić information content (AvgIpc) is 2.91. The van der Waals surface area contributed by atoms with Gasteiger partial charge < -0.3 is 30.0 Å². The molecule has 0 fully saturated rings. The summed E-state index contributed by atoms with van der Waals surface area (Å²) < 4.78 is 0. The molecular formula is C36H46CoN2O6. The second-order valence-corrected chi connectivity index (χ2v) is 11.7. The van der Waals surface area contributed by atoms with Crippen molar-refractivity contribution in [3.8, 4) is 11.5 Å². The van der Waals surface area contributed by atoms with Gasteiger partial charge in [-0.15, -0.1) is 0 Å². The minimum atomic E-state index is -1.08. The van der Waals surface area contributed by atoms with Gasteiger partial charge in [-0.3, -0.25) is 9.98 Å². The van der Waals surface area contributed by atoms with Crippen LogP contribution < -0.4 is 10.2 Å². The number of carbonyl (C=O) groups excluding carboxylic acids is 2. The molecule has 0 unspecified atom stereocenters. The monoisotopic (exact) mass is 661 g/mol. The number of aliphatic imine (C=N–C) groups is 2. The molecule has 3 rings (SSSR count). The molecule has 45 heavy (non-hydrogen) atoms. The number of rotatable bonds is 8. The van der Waals surface area contributed by atoms with E-state index >= 15 is 0 Å². The Hall–Kier alpha value is -3.95. The first kappa shape index (κ1) is 41.0. The number of hydrogen-bond donors (Lipinski definition) is 2. The van der Waals surface area contributed by atoms with Crippen LogP contribution in [0.3, 0.4) is 0 Å². The van der Waals surface area contributed by atoms with Crippen LogP contribution >= 0.6 is 0 Å². The second kappa shape index (κ2) is 19.4.